The maximum absolute atomic E-state index is 12.1. The summed E-state index contributed by atoms with van der Waals surface area (Å²) in [6.45, 7) is 0.189. The fourth-order valence-electron chi connectivity index (χ4n) is 2.31. The second kappa shape index (κ2) is 8.14. The van der Waals surface area contributed by atoms with Gasteiger partial charge in [0, 0.05) is 26.6 Å². The molecule has 0 amide bonds. The standard InChI is InChI=1S/C18H20N2O5/c1-19(2)16-9-6-14(12-17(16)20(22)23)18(21)25-11-10-13-4-7-15(24-3)8-5-13/h4-9,12H,10-11H2,1-3H3. The first-order valence-electron chi connectivity index (χ1n) is 7.68. The van der Waals surface area contributed by atoms with Gasteiger partial charge in [-0.25, -0.2) is 4.79 Å². The molecule has 2 aromatic rings. The summed E-state index contributed by atoms with van der Waals surface area (Å²) in [6, 6.07) is 11.8. The van der Waals surface area contributed by atoms with Crippen LogP contribution in [0.15, 0.2) is 42.5 Å². The number of benzene rings is 2. The van der Waals surface area contributed by atoms with Gasteiger partial charge in [-0.3, -0.25) is 10.1 Å². The highest BCUT2D eigenvalue weighted by molar-refractivity contribution is 5.91. The third kappa shape index (κ3) is 4.69. The Morgan fingerprint density at radius 3 is 2.40 bits per heavy atom. The summed E-state index contributed by atoms with van der Waals surface area (Å²) < 4.78 is 10.3. The molecule has 25 heavy (non-hydrogen) atoms. The van der Waals surface area contributed by atoms with Crippen LogP contribution in [0.5, 0.6) is 5.75 Å². The number of ether oxygens (including phenoxy) is 2. The zero-order chi connectivity index (χ0) is 18.4. The van der Waals surface area contributed by atoms with E-state index in [9.17, 15) is 14.9 Å². The predicted octanol–water partition coefficient (Wildman–Crippen LogP) is 3.07. The van der Waals surface area contributed by atoms with E-state index in [2.05, 4.69) is 0 Å². The average Bonchev–Trinajstić information content (AvgIpc) is 2.61. The highest BCUT2D eigenvalue weighted by Gasteiger charge is 2.19. The van der Waals surface area contributed by atoms with Crippen LogP contribution in [0.25, 0.3) is 0 Å². The minimum absolute atomic E-state index is 0.130. The highest BCUT2D eigenvalue weighted by Crippen LogP contribution is 2.28. The smallest absolute Gasteiger partial charge is 0.338 e. The van der Waals surface area contributed by atoms with Gasteiger partial charge in [-0.1, -0.05) is 12.1 Å². The number of methoxy groups -OCH3 is 1. The molecule has 0 spiro atoms. The van der Waals surface area contributed by atoms with Crippen LogP contribution >= 0.6 is 0 Å². The van der Waals surface area contributed by atoms with E-state index in [0.717, 1.165) is 11.3 Å². The topological polar surface area (TPSA) is 81.9 Å². The molecule has 7 nitrogen and oxygen atoms in total. The van der Waals surface area contributed by atoms with Gasteiger partial charge in [-0.15, -0.1) is 0 Å². The normalized spacial score (nSPS) is 10.2. The van der Waals surface area contributed by atoms with Crippen molar-refractivity contribution >= 4 is 17.3 Å². The lowest BCUT2D eigenvalue weighted by molar-refractivity contribution is -0.384. The van der Waals surface area contributed by atoms with Crippen molar-refractivity contribution in [3.8, 4) is 5.75 Å². The Balaban J connectivity index is 2.00. The number of nitrogens with zero attached hydrogens (tertiary/aromatic N) is 2. The zero-order valence-corrected chi connectivity index (χ0v) is 14.4. The quantitative estimate of drug-likeness (QED) is 0.436. The SMILES string of the molecule is COc1ccc(CCOC(=O)c2ccc(N(C)C)c([N+](=O)[O-])c2)cc1. The molecule has 0 N–H and O–H groups in total. The molecule has 0 unspecified atom stereocenters. The van der Waals surface area contributed by atoms with E-state index in [0.29, 0.717) is 12.1 Å². The maximum Gasteiger partial charge on any atom is 0.338 e. The Labute approximate surface area is 145 Å². The van der Waals surface area contributed by atoms with Gasteiger partial charge in [-0.05, 0) is 29.8 Å². The number of nitro benzene ring substituents is 1. The van der Waals surface area contributed by atoms with Crippen molar-refractivity contribution in [2.24, 2.45) is 0 Å². The second-order valence-corrected chi connectivity index (χ2v) is 5.59. The molecule has 0 atom stereocenters. The van der Waals surface area contributed by atoms with E-state index >= 15 is 0 Å². The monoisotopic (exact) mass is 344 g/mol. The molecule has 132 valence electrons. The van der Waals surface area contributed by atoms with E-state index in [4.69, 9.17) is 9.47 Å². The first-order chi connectivity index (χ1) is 11.9. The summed E-state index contributed by atoms with van der Waals surface area (Å²) in [4.78, 5) is 24.4. The molecule has 0 aliphatic rings. The lowest BCUT2D eigenvalue weighted by Crippen LogP contribution is -2.13. The highest BCUT2D eigenvalue weighted by atomic mass is 16.6. The molecular weight excluding hydrogens is 324 g/mol. The van der Waals surface area contributed by atoms with E-state index in [1.807, 2.05) is 24.3 Å². The number of carbonyl (C=O) groups excluding carboxylic acids is 1. The van der Waals surface area contributed by atoms with Crippen LogP contribution in [0.1, 0.15) is 15.9 Å². The van der Waals surface area contributed by atoms with Gasteiger partial charge in [-0.2, -0.15) is 0 Å². The van der Waals surface area contributed by atoms with Crippen molar-refractivity contribution < 1.29 is 19.2 Å². The lowest BCUT2D eigenvalue weighted by atomic mass is 10.1. The van der Waals surface area contributed by atoms with E-state index < -0.39 is 10.9 Å². The van der Waals surface area contributed by atoms with Gasteiger partial charge in [0.1, 0.15) is 11.4 Å². The van der Waals surface area contributed by atoms with Crippen LogP contribution < -0.4 is 9.64 Å². The van der Waals surface area contributed by atoms with Crippen molar-refractivity contribution in [1.29, 1.82) is 0 Å². The molecule has 0 saturated heterocycles. The van der Waals surface area contributed by atoms with Crippen LogP contribution in [0.3, 0.4) is 0 Å². The molecule has 0 aliphatic heterocycles. The van der Waals surface area contributed by atoms with Crippen LogP contribution in [-0.4, -0.2) is 38.7 Å². The Morgan fingerprint density at radius 1 is 1.16 bits per heavy atom. The van der Waals surface area contributed by atoms with Gasteiger partial charge in [0.15, 0.2) is 0 Å². The molecule has 0 radical (unpaired) electrons. The number of esters is 1. The van der Waals surface area contributed by atoms with Gasteiger partial charge < -0.3 is 14.4 Å². The average molecular weight is 344 g/mol. The lowest BCUT2D eigenvalue weighted by Gasteiger charge is -2.13. The van der Waals surface area contributed by atoms with Crippen LogP contribution in [0.4, 0.5) is 11.4 Å². The molecule has 0 aliphatic carbocycles. The molecule has 2 aromatic carbocycles. The Hall–Kier alpha value is -3.09. The van der Waals surface area contributed by atoms with Crippen molar-refractivity contribution in [3.05, 3.63) is 63.7 Å². The van der Waals surface area contributed by atoms with Crippen molar-refractivity contribution in [2.45, 2.75) is 6.42 Å². The summed E-state index contributed by atoms with van der Waals surface area (Å²) in [6.07, 6.45) is 0.549. The van der Waals surface area contributed by atoms with Gasteiger partial charge >= 0.3 is 5.97 Å². The number of hydrogen-bond acceptors (Lipinski definition) is 6. The van der Waals surface area contributed by atoms with Crippen molar-refractivity contribution in [1.82, 2.24) is 0 Å². The van der Waals surface area contributed by atoms with Gasteiger partial charge in [0.05, 0.1) is 24.2 Å². The zero-order valence-electron chi connectivity index (χ0n) is 14.4. The van der Waals surface area contributed by atoms with E-state index in [1.54, 1.807) is 26.1 Å². The third-order valence-electron chi connectivity index (χ3n) is 3.67. The van der Waals surface area contributed by atoms with E-state index in [1.165, 1.54) is 18.2 Å². The molecule has 0 aromatic heterocycles. The van der Waals surface area contributed by atoms with Crippen LogP contribution in [-0.2, 0) is 11.2 Å². The molecule has 0 saturated carbocycles. The summed E-state index contributed by atoms with van der Waals surface area (Å²) >= 11 is 0. The first-order valence-corrected chi connectivity index (χ1v) is 7.68. The van der Waals surface area contributed by atoms with Crippen LogP contribution in [0.2, 0.25) is 0 Å². The van der Waals surface area contributed by atoms with Crippen molar-refractivity contribution in [3.63, 3.8) is 0 Å². The summed E-state index contributed by atoms with van der Waals surface area (Å²) in [5.41, 5.74) is 1.46. The first kappa shape index (κ1) is 18.3. The fraction of sp³-hybridized carbons (Fsp3) is 0.278. The second-order valence-electron chi connectivity index (χ2n) is 5.59. The van der Waals surface area contributed by atoms with Gasteiger partial charge in [0.2, 0.25) is 0 Å². The molecule has 7 heteroatoms. The number of carbonyl (C=O) groups is 1. The molecule has 2 rings (SSSR count). The van der Waals surface area contributed by atoms with Gasteiger partial charge in [0.25, 0.3) is 5.69 Å². The largest absolute Gasteiger partial charge is 0.497 e. The minimum Gasteiger partial charge on any atom is -0.497 e. The fourth-order valence-corrected chi connectivity index (χ4v) is 2.31. The summed E-state index contributed by atoms with van der Waals surface area (Å²) in [5.74, 6) is 0.177. The molecule has 0 bridgehead atoms. The van der Waals surface area contributed by atoms with Crippen molar-refractivity contribution in [2.75, 3.05) is 32.7 Å². The molecule has 0 fully saturated rings. The summed E-state index contributed by atoms with van der Waals surface area (Å²) in [5, 5.41) is 11.2. The Kier molecular flexibility index (Phi) is 5.94. The molecule has 0 heterocycles. The molecular formula is C18H20N2O5. The van der Waals surface area contributed by atoms with E-state index in [-0.39, 0.29) is 17.9 Å². The Morgan fingerprint density at radius 2 is 1.84 bits per heavy atom. The number of anilines is 1. The number of hydrogen-bond donors (Lipinski definition) is 0. The number of nitro groups is 1. The minimum atomic E-state index is -0.582. The predicted molar refractivity (Wildman–Crippen MR) is 94.4 cm³/mol. The summed E-state index contributed by atoms with van der Waals surface area (Å²) in [7, 11) is 5.00. The number of rotatable bonds is 7. The Bertz CT molecular complexity index is 757. The third-order valence-corrected chi connectivity index (χ3v) is 3.67. The van der Waals surface area contributed by atoms with Crippen LogP contribution in [0, 0.1) is 10.1 Å². The maximum atomic E-state index is 12.1.